The Kier molecular flexibility index (Phi) is 4.78. The minimum Gasteiger partial charge on any atom is -0.381 e. The van der Waals surface area contributed by atoms with Gasteiger partial charge in [0.05, 0.1) is 6.54 Å². The lowest BCUT2D eigenvalue weighted by Crippen LogP contribution is -2.51. The predicted octanol–water partition coefficient (Wildman–Crippen LogP) is 0.447. The van der Waals surface area contributed by atoms with Crippen LogP contribution in [0.3, 0.4) is 0 Å². The molecule has 4 nitrogen and oxygen atoms in total. The lowest BCUT2D eigenvalue weighted by Gasteiger charge is -2.34. The van der Waals surface area contributed by atoms with Crippen molar-refractivity contribution in [3.8, 4) is 0 Å². The zero-order chi connectivity index (χ0) is 11.1. The monoisotopic (exact) mass is 212 g/mol. The van der Waals surface area contributed by atoms with Gasteiger partial charge in [0, 0.05) is 25.3 Å². The SMILES string of the molecule is C=CCNCC(=O)NC1(C)CCOCC1. The Balaban J connectivity index is 2.26. The van der Waals surface area contributed by atoms with E-state index in [1.165, 1.54) is 0 Å². The van der Waals surface area contributed by atoms with Crippen LogP contribution in [0, 0.1) is 0 Å². The van der Waals surface area contributed by atoms with Gasteiger partial charge in [0.15, 0.2) is 0 Å². The average Bonchev–Trinajstić information content (AvgIpc) is 2.18. The summed E-state index contributed by atoms with van der Waals surface area (Å²) in [7, 11) is 0. The highest BCUT2D eigenvalue weighted by atomic mass is 16.5. The summed E-state index contributed by atoms with van der Waals surface area (Å²) < 4.78 is 5.26. The normalized spacial score (nSPS) is 19.5. The zero-order valence-electron chi connectivity index (χ0n) is 9.34. The first-order valence-corrected chi connectivity index (χ1v) is 5.37. The largest absolute Gasteiger partial charge is 0.381 e. The molecule has 0 unspecified atom stereocenters. The highest BCUT2D eigenvalue weighted by molar-refractivity contribution is 5.78. The van der Waals surface area contributed by atoms with Gasteiger partial charge in [0.1, 0.15) is 0 Å². The standard InChI is InChI=1S/C11H20N2O2/c1-3-6-12-9-10(14)13-11(2)4-7-15-8-5-11/h3,12H,1,4-9H2,2H3,(H,13,14). The highest BCUT2D eigenvalue weighted by Crippen LogP contribution is 2.19. The molecule has 2 N–H and O–H groups in total. The van der Waals surface area contributed by atoms with Crippen molar-refractivity contribution in [1.29, 1.82) is 0 Å². The number of rotatable bonds is 5. The van der Waals surface area contributed by atoms with E-state index in [0.29, 0.717) is 13.1 Å². The maximum atomic E-state index is 11.5. The van der Waals surface area contributed by atoms with Crippen molar-refractivity contribution in [1.82, 2.24) is 10.6 Å². The molecule has 1 heterocycles. The molecule has 1 rings (SSSR count). The minimum absolute atomic E-state index is 0.0428. The van der Waals surface area contributed by atoms with Crippen LogP contribution in [0.5, 0.6) is 0 Å². The average molecular weight is 212 g/mol. The predicted molar refractivity (Wildman–Crippen MR) is 59.7 cm³/mol. The van der Waals surface area contributed by atoms with Crippen LogP contribution in [-0.2, 0) is 9.53 Å². The first-order valence-electron chi connectivity index (χ1n) is 5.37. The maximum absolute atomic E-state index is 11.5. The number of nitrogens with one attached hydrogen (secondary N) is 2. The van der Waals surface area contributed by atoms with Crippen LogP contribution in [0.1, 0.15) is 19.8 Å². The second kappa shape index (κ2) is 5.88. The number of carbonyl (C=O) groups is 1. The number of amides is 1. The van der Waals surface area contributed by atoms with Crippen LogP contribution in [0.25, 0.3) is 0 Å². The summed E-state index contributed by atoms with van der Waals surface area (Å²) in [5.41, 5.74) is -0.0921. The molecule has 15 heavy (non-hydrogen) atoms. The Morgan fingerprint density at radius 2 is 2.20 bits per heavy atom. The van der Waals surface area contributed by atoms with Gasteiger partial charge in [0.25, 0.3) is 0 Å². The Hall–Kier alpha value is -0.870. The third-order valence-corrected chi connectivity index (χ3v) is 2.61. The van der Waals surface area contributed by atoms with Crippen LogP contribution in [-0.4, -0.2) is 37.7 Å². The van der Waals surface area contributed by atoms with E-state index in [1.54, 1.807) is 6.08 Å². The van der Waals surface area contributed by atoms with Crippen LogP contribution in [0.2, 0.25) is 0 Å². The van der Waals surface area contributed by atoms with E-state index in [0.717, 1.165) is 26.1 Å². The van der Waals surface area contributed by atoms with E-state index < -0.39 is 0 Å². The molecular weight excluding hydrogens is 192 g/mol. The quantitative estimate of drug-likeness (QED) is 0.514. The summed E-state index contributed by atoms with van der Waals surface area (Å²) in [5, 5.41) is 6.02. The van der Waals surface area contributed by atoms with Crippen LogP contribution < -0.4 is 10.6 Å². The number of carbonyl (C=O) groups excluding carboxylic acids is 1. The Labute approximate surface area is 91.1 Å². The zero-order valence-corrected chi connectivity index (χ0v) is 9.34. The van der Waals surface area contributed by atoms with E-state index >= 15 is 0 Å². The van der Waals surface area contributed by atoms with E-state index in [9.17, 15) is 4.79 Å². The fourth-order valence-electron chi connectivity index (χ4n) is 1.62. The minimum atomic E-state index is -0.0921. The maximum Gasteiger partial charge on any atom is 0.234 e. The van der Waals surface area contributed by atoms with Crippen molar-refractivity contribution in [2.75, 3.05) is 26.3 Å². The molecule has 0 spiro atoms. The molecule has 0 saturated carbocycles. The molecule has 0 atom stereocenters. The van der Waals surface area contributed by atoms with Crippen LogP contribution in [0.4, 0.5) is 0 Å². The van der Waals surface area contributed by atoms with Gasteiger partial charge >= 0.3 is 0 Å². The van der Waals surface area contributed by atoms with E-state index in [2.05, 4.69) is 24.1 Å². The van der Waals surface area contributed by atoms with E-state index in [4.69, 9.17) is 4.74 Å². The smallest absolute Gasteiger partial charge is 0.234 e. The third-order valence-electron chi connectivity index (χ3n) is 2.61. The molecule has 0 aliphatic carbocycles. The van der Waals surface area contributed by atoms with Gasteiger partial charge < -0.3 is 15.4 Å². The molecule has 0 bridgehead atoms. The third kappa shape index (κ3) is 4.44. The molecule has 4 heteroatoms. The lowest BCUT2D eigenvalue weighted by atomic mass is 9.92. The topological polar surface area (TPSA) is 50.4 Å². The summed E-state index contributed by atoms with van der Waals surface area (Å²) >= 11 is 0. The summed E-state index contributed by atoms with van der Waals surface area (Å²) in [5.74, 6) is 0.0428. The summed E-state index contributed by atoms with van der Waals surface area (Å²) in [6.07, 6.45) is 3.52. The number of hydrogen-bond acceptors (Lipinski definition) is 3. The second-order valence-corrected chi connectivity index (χ2v) is 4.14. The molecular formula is C11H20N2O2. The van der Waals surface area contributed by atoms with Gasteiger partial charge in [-0.25, -0.2) is 0 Å². The molecule has 0 radical (unpaired) electrons. The number of ether oxygens (including phenoxy) is 1. The molecule has 0 aromatic heterocycles. The fraction of sp³-hybridized carbons (Fsp3) is 0.727. The summed E-state index contributed by atoms with van der Waals surface area (Å²) in [4.78, 5) is 11.5. The van der Waals surface area contributed by atoms with Crippen molar-refractivity contribution in [3.05, 3.63) is 12.7 Å². The van der Waals surface area contributed by atoms with Crippen molar-refractivity contribution < 1.29 is 9.53 Å². The van der Waals surface area contributed by atoms with Crippen LogP contribution >= 0.6 is 0 Å². The van der Waals surface area contributed by atoms with Gasteiger partial charge in [-0.05, 0) is 19.8 Å². The Bertz CT molecular complexity index is 223. The summed E-state index contributed by atoms with van der Waals surface area (Å²) in [6.45, 7) is 8.12. The first-order chi connectivity index (χ1) is 7.16. The van der Waals surface area contributed by atoms with Crippen LogP contribution in [0.15, 0.2) is 12.7 Å². The molecule has 0 aromatic rings. The Morgan fingerprint density at radius 3 is 2.80 bits per heavy atom. The van der Waals surface area contributed by atoms with E-state index in [1.807, 2.05) is 0 Å². The van der Waals surface area contributed by atoms with E-state index in [-0.39, 0.29) is 11.4 Å². The highest BCUT2D eigenvalue weighted by Gasteiger charge is 2.28. The molecule has 86 valence electrons. The molecule has 1 fully saturated rings. The number of hydrogen-bond donors (Lipinski definition) is 2. The molecule has 1 amide bonds. The van der Waals surface area contributed by atoms with Crippen molar-refractivity contribution in [2.24, 2.45) is 0 Å². The molecule has 1 aliphatic heterocycles. The van der Waals surface area contributed by atoms with Gasteiger partial charge in [-0.3, -0.25) is 4.79 Å². The molecule has 1 saturated heterocycles. The molecule has 0 aromatic carbocycles. The fourth-order valence-corrected chi connectivity index (χ4v) is 1.62. The van der Waals surface area contributed by atoms with Gasteiger partial charge in [-0.1, -0.05) is 6.08 Å². The Morgan fingerprint density at radius 1 is 1.53 bits per heavy atom. The van der Waals surface area contributed by atoms with Crippen molar-refractivity contribution >= 4 is 5.91 Å². The first kappa shape index (κ1) is 12.2. The van der Waals surface area contributed by atoms with Crippen molar-refractivity contribution in [2.45, 2.75) is 25.3 Å². The lowest BCUT2D eigenvalue weighted by molar-refractivity contribution is -0.123. The van der Waals surface area contributed by atoms with Gasteiger partial charge in [-0.15, -0.1) is 6.58 Å². The molecule has 1 aliphatic rings. The summed E-state index contributed by atoms with van der Waals surface area (Å²) in [6, 6.07) is 0. The van der Waals surface area contributed by atoms with Gasteiger partial charge in [0.2, 0.25) is 5.91 Å². The van der Waals surface area contributed by atoms with Gasteiger partial charge in [-0.2, -0.15) is 0 Å². The van der Waals surface area contributed by atoms with Crippen molar-refractivity contribution in [3.63, 3.8) is 0 Å². The second-order valence-electron chi connectivity index (χ2n) is 4.14.